The van der Waals surface area contributed by atoms with E-state index >= 15 is 0 Å². The van der Waals surface area contributed by atoms with Gasteiger partial charge in [0, 0.05) is 39.8 Å². The maximum atomic E-state index is 12.5. The number of carbonyl (C=O) groups is 1. The zero-order chi connectivity index (χ0) is 22.1. The number of hydrogen-bond acceptors (Lipinski definition) is 7. The predicted molar refractivity (Wildman–Crippen MR) is 110 cm³/mol. The van der Waals surface area contributed by atoms with E-state index in [2.05, 4.69) is 15.4 Å². The standard InChI is InChI=1S/C18H22N6O5S/c1-22(2)30(27,28)15-9-12(5-6-14(15)29-4)21-16(25)7-8-24-11-19-17-13(18(24)26)10-20-23(17)3/h5-6,9-11H,7-8H2,1-4H3,(H,21,25). The highest BCUT2D eigenvalue weighted by atomic mass is 32.2. The number of aryl methyl sites for hydroxylation is 2. The van der Waals surface area contributed by atoms with Gasteiger partial charge in [0.25, 0.3) is 5.56 Å². The van der Waals surface area contributed by atoms with E-state index in [1.54, 1.807) is 13.1 Å². The fourth-order valence-corrected chi connectivity index (χ4v) is 3.90. The molecular formula is C18H22N6O5S. The largest absolute Gasteiger partial charge is 0.495 e. The molecule has 0 fully saturated rings. The molecular weight excluding hydrogens is 412 g/mol. The molecule has 3 aromatic rings. The summed E-state index contributed by atoms with van der Waals surface area (Å²) in [5.74, 6) is -0.212. The Labute approximate surface area is 172 Å². The lowest BCUT2D eigenvalue weighted by Crippen LogP contribution is -2.24. The molecule has 3 rings (SSSR count). The highest BCUT2D eigenvalue weighted by Crippen LogP contribution is 2.28. The number of nitrogens with zero attached hydrogens (tertiary/aromatic N) is 5. The van der Waals surface area contributed by atoms with Crippen molar-refractivity contribution in [3.05, 3.63) is 41.1 Å². The van der Waals surface area contributed by atoms with Crippen molar-refractivity contribution in [1.82, 2.24) is 23.6 Å². The van der Waals surface area contributed by atoms with Crippen LogP contribution in [0.1, 0.15) is 6.42 Å². The summed E-state index contributed by atoms with van der Waals surface area (Å²) in [7, 11) is 2.11. The number of hydrogen-bond donors (Lipinski definition) is 1. The summed E-state index contributed by atoms with van der Waals surface area (Å²) in [6.45, 7) is 0.113. The lowest BCUT2D eigenvalue weighted by atomic mass is 10.3. The third-order valence-electron chi connectivity index (χ3n) is 4.50. The van der Waals surface area contributed by atoms with Crippen LogP contribution in [0.15, 0.2) is 40.4 Å². The van der Waals surface area contributed by atoms with Crippen LogP contribution in [-0.4, -0.2) is 59.2 Å². The third-order valence-corrected chi connectivity index (χ3v) is 6.34. The van der Waals surface area contributed by atoms with Crippen LogP contribution in [-0.2, 0) is 28.4 Å². The van der Waals surface area contributed by atoms with Crippen LogP contribution >= 0.6 is 0 Å². The summed E-state index contributed by atoms with van der Waals surface area (Å²) in [5.41, 5.74) is 0.479. The van der Waals surface area contributed by atoms with Gasteiger partial charge in [-0.3, -0.25) is 18.8 Å². The first kappa shape index (κ1) is 21.5. The van der Waals surface area contributed by atoms with Crippen molar-refractivity contribution in [3.8, 4) is 5.75 Å². The summed E-state index contributed by atoms with van der Waals surface area (Å²) in [5, 5.41) is 7.02. The first-order valence-corrected chi connectivity index (χ1v) is 10.4. The number of ether oxygens (including phenoxy) is 1. The number of nitrogens with one attached hydrogen (secondary N) is 1. The first-order chi connectivity index (χ1) is 14.1. The molecule has 0 aliphatic carbocycles. The van der Waals surface area contributed by atoms with Crippen LogP contribution in [0.5, 0.6) is 5.75 Å². The van der Waals surface area contributed by atoms with Crippen molar-refractivity contribution < 1.29 is 17.9 Å². The fraction of sp³-hybridized carbons (Fsp3) is 0.333. The fourth-order valence-electron chi connectivity index (χ4n) is 2.82. The molecule has 1 aromatic carbocycles. The number of methoxy groups -OCH3 is 1. The van der Waals surface area contributed by atoms with Crippen molar-refractivity contribution >= 4 is 32.7 Å². The number of benzene rings is 1. The molecule has 0 atom stereocenters. The zero-order valence-electron chi connectivity index (χ0n) is 17.0. The smallest absolute Gasteiger partial charge is 0.264 e. The molecule has 12 heteroatoms. The van der Waals surface area contributed by atoms with Crippen LogP contribution in [0.3, 0.4) is 0 Å². The Morgan fingerprint density at radius 2 is 2.03 bits per heavy atom. The Hall–Kier alpha value is -3.25. The van der Waals surface area contributed by atoms with Crippen molar-refractivity contribution in [2.45, 2.75) is 17.9 Å². The molecule has 0 radical (unpaired) electrons. The third kappa shape index (κ3) is 4.04. The quantitative estimate of drug-likeness (QED) is 0.570. The molecule has 0 saturated heterocycles. The minimum absolute atomic E-state index is 0.00481. The average Bonchev–Trinajstić information content (AvgIpc) is 3.09. The van der Waals surface area contributed by atoms with E-state index in [4.69, 9.17) is 4.74 Å². The summed E-state index contributed by atoms with van der Waals surface area (Å²) in [4.78, 5) is 28.9. The summed E-state index contributed by atoms with van der Waals surface area (Å²) >= 11 is 0. The average molecular weight is 434 g/mol. The maximum absolute atomic E-state index is 12.5. The van der Waals surface area contributed by atoms with Gasteiger partial charge in [-0.1, -0.05) is 0 Å². The van der Waals surface area contributed by atoms with Crippen LogP contribution in [0, 0.1) is 0 Å². The molecule has 2 heterocycles. The van der Waals surface area contributed by atoms with E-state index in [0.717, 1.165) is 4.31 Å². The lowest BCUT2D eigenvalue weighted by Gasteiger charge is -2.16. The summed E-state index contributed by atoms with van der Waals surface area (Å²) in [6.07, 6.45) is 2.80. The minimum atomic E-state index is -3.76. The molecule has 11 nitrogen and oxygen atoms in total. The monoisotopic (exact) mass is 434 g/mol. The van der Waals surface area contributed by atoms with E-state index in [1.165, 1.54) is 55.1 Å². The first-order valence-electron chi connectivity index (χ1n) is 8.92. The number of anilines is 1. The Balaban J connectivity index is 1.75. The van der Waals surface area contributed by atoms with Gasteiger partial charge in [-0.15, -0.1) is 0 Å². The van der Waals surface area contributed by atoms with Gasteiger partial charge in [0.2, 0.25) is 15.9 Å². The molecule has 0 saturated carbocycles. The Bertz CT molecular complexity index is 1260. The Kier molecular flexibility index (Phi) is 5.89. The van der Waals surface area contributed by atoms with Crippen molar-refractivity contribution in [3.63, 3.8) is 0 Å². The van der Waals surface area contributed by atoms with Gasteiger partial charge in [0.05, 0.1) is 19.6 Å². The second kappa shape index (κ2) is 8.24. The minimum Gasteiger partial charge on any atom is -0.495 e. The van der Waals surface area contributed by atoms with Crippen molar-refractivity contribution in [1.29, 1.82) is 0 Å². The van der Waals surface area contributed by atoms with E-state index in [9.17, 15) is 18.0 Å². The topological polar surface area (TPSA) is 128 Å². The van der Waals surface area contributed by atoms with Gasteiger partial charge >= 0.3 is 0 Å². The number of amides is 1. The molecule has 0 spiro atoms. The number of fused-ring (bicyclic) bond motifs is 1. The molecule has 1 amide bonds. The molecule has 30 heavy (non-hydrogen) atoms. The second-order valence-electron chi connectivity index (χ2n) is 6.70. The second-order valence-corrected chi connectivity index (χ2v) is 8.82. The van der Waals surface area contributed by atoms with E-state index < -0.39 is 10.0 Å². The summed E-state index contributed by atoms with van der Waals surface area (Å²) < 4.78 is 34.0. The van der Waals surface area contributed by atoms with Crippen molar-refractivity contribution in [2.24, 2.45) is 7.05 Å². The highest BCUT2D eigenvalue weighted by molar-refractivity contribution is 7.89. The van der Waals surface area contributed by atoms with Gasteiger partial charge in [-0.25, -0.2) is 17.7 Å². The maximum Gasteiger partial charge on any atom is 0.264 e. The number of rotatable bonds is 7. The van der Waals surface area contributed by atoms with Gasteiger partial charge in [0.1, 0.15) is 16.0 Å². The lowest BCUT2D eigenvalue weighted by molar-refractivity contribution is -0.116. The molecule has 2 aromatic heterocycles. The summed E-state index contributed by atoms with van der Waals surface area (Å²) in [6, 6.07) is 4.35. The number of aromatic nitrogens is 4. The molecule has 0 aliphatic heterocycles. The molecule has 1 N–H and O–H groups in total. The molecule has 0 aliphatic rings. The van der Waals surface area contributed by atoms with E-state index in [-0.39, 0.29) is 35.1 Å². The Morgan fingerprint density at radius 1 is 1.30 bits per heavy atom. The van der Waals surface area contributed by atoms with Gasteiger partial charge in [-0.2, -0.15) is 5.10 Å². The van der Waals surface area contributed by atoms with Crippen molar-refractivity contribution in [2.75, 3.05) is 26.5 Å². The number of carbonyl (C=O) groups excluding carboxylic acids is 1. The molecule has 160 valence electrons. The SMILES string of the molecule is COc1ccc(NC(=O)CCn2cnc3c(cnn3C)c2=O)cc1S(=O)(=O)N(C)C. The van der Waals surface area contributed by atoms with E-state index in [1.807, 2.05) is 0 Å². The van der Waals surface area contributed by atoms with Crippen LogP contribution in [0.25, 0.3) is 11.0 Å². The van der Waals surface area contributed by atoms with Crippen LogP contribution < -0.4 is 15.6 Å². The highest BCUT2D eigenvalue weighted by Gasteiger charge is 2.23. The van der Waals surface area contributed by atoms with Gasteiger partial charge in [-0.05, 0) is 18.2 Å². The predicted octanol–water partition coefficient (Wildman–Crippen LogP) is 0.418. The zero-order valence-corrected chi connectivity index (χ0v) is 17.8. The van der Waals surface area contributed by atoms with Crippen LogP contribution in [0.2, 0.25) is 0 Å². The Morgan fingerprint density at radius 3 is 2.70 bits per heavy atom. The van der Waals surface area contributed by atoms with E-state index in [0.29, 0.717) is 16.7 Å². The molecule has 0 unspecified atom stereocenters. The normalized spacial score (nSPS) is 11.8. The molecule has 0 bridgehead atoms. The number of sulfonamides is 1. The van der Waals surface area contributed by atoms with Crippen LogP contribution in [0.4, 0.5) is 5.69 Å². The van der Waals surface area contributed by atoms with Gasteiger partial charge in [0.15, 0.2) is 5.65 Å². The van der Waals surface area contributed by atoms with Gasteiger partial charge < -0.3 is 10.1 Å².